The number of rotatable bonds is 13. The number of hydrogen-bond donors (Lipinski definition) is 1. The van der Waals surface area contributed by atoms with Crippen LogP contribution < -0.4 is 0 Å². The average Bonchev–Trinajstić information content (AvgIpc) is 2.41. The van der Waals surface area contributed by atoms with Crippen LogP contribution in [0.5, 0.6) is 0 Å². The molecule has 1 fully saturated rings. The second kappa shape index (κ2) is 10.9. The smallest absolute Gasteiger partial charge is 0.303 e. The van der Waals surface area contributed by atoms with Crippen molar-refractivity contribution in [2.24, 2.45) is 5.92 Å². The highest BCUT2D eigenvalue weighted by atomic mass is 16.4. The predicted molar refractivity (Wildman–Crippen MR) is 80.8 cm³/mol. The third-order valence-corrected chi connectivity index (χ3v) is 4.39. The summed E-state index contributed by atoms with van der Waals surface area (Å²) in [5, 5.41) is 8.51. The number of carbonyl (C=O) groups excluding carboxylic acids is 1. The van der Waals surface area contributed by atoms with Gasteiger partial charge in [-0.1, -0.05) is 57.8 Å². The van der Waals surface area contributed by atoms with E-state index < -0.39 is 5.97 Å². The Bertz CT molecular complexity index is 286. The number of carbonyl (C=O) groups is 2. The van der Waals surface area contributed by atoms with Crippen LogP contribution in [0, 0.1) is 5.92 Å². The molecule has 0 aromatic heterocycles. The lowest BCUT2D eigenvalue weighted by atomic mass is 9.80. The lowest BCUT2D eigenvalue weighted by Gasteiger charge is -2.23. The fraction of sp³-hybridized carbons (Fsp3) is 0.882. The molecule has 1 unspecified atom stereocenters. The van der Waals surface area contributed by atoms with E-state index in [2.05, 4.69) is 0 Å². The Kier molecular flexibility index (Phi) is 9.35. The Morgan fingerprint density at radius 3 is 1.80 bits per heavy atom. The molecule has 1 aliphatic rings. The van der Waals surface area contributed by atoms with Crippen molar-refractivity contribution in [1.82, 2.24) is 0 Å². The largest absolute Gasteiger partial charge is 0.481 e. The number of ketones is 1. The maximum absolute atomic E-state index is 11.1. The van der Waals surface area contributed by atoms with E-state index in [9.17, 15) is 9.59 Å². The molecule has 0 aromatic rings. The van der Waals surface area contributed by atoms with Gasteiger partial charge in [-0.15, -0.1) is 0 Å². The molecular weight excluding hydrogens is 252 g/mol. The van der Waals surface area contributed by atoms with Gasteiger partial charge in [-0.3, -0.25) is 9.59 Å². The summed E-state index contributed by atoms with van der Waals surface area (Å²) in [4.78, 5) is 21.5. The van der Waals surface area contributed by atoms with Gasteiger partial charge < -0.3 is 5.11 Å². The molecule has 0 aromatic carbocycles. The van der Waals surface area contributed by atoms with Gasteiger partial charge in [0, 0.05) is 18.8 Å². The van der Waals surface area contributed by atoms with Crippen molar-refractivity contribution in [2.75, 3.05) is 0 Å². The molecule has 3 heteroatoms. The summed E-state index contributed by atoms with van der Waals surface area (Å²) in [5.74, 6) is 0.238. The van der Waals surface area contributed by atoms with Crippen molar-refractivity contribution >= 4 is 11.8 Å². The number of Topliss-reactive ketones (excluding diaryl/α,β-unsaturated/α-hetero) is 1. The number of carboxylic acid groups (broad SMARTS) is 1. The molecule has 1 rings (SSSR count). The number of carboxylic acids is 1. The van der Waals surface area contributed by atoms with Crippen LogP contribution in [-0.2, 0) is 9.59 Å². The minimum atomic E-state index is -0.673. The van der Waals surface area contributed by atoms with E-state index in [0.29, 0.717) is 18.1 Å². The van der Waals surface area contributed by atoms with E-state index in [0.717, 1.165) is 32.1 Å². The average molecular weight is 282 g/mol. The molecule has 1 N–H and O–H groups in total. The number of unbranched alkanes of at least 4 members (excludes halogenated alkanes) is 9. The van der Waals surface area contributed by atoms with Gasteiger partial charge in [0.1, 0.15) is 5.78 Å². The minimum Gasteiger partial charge on any atom is -0.481 e. The molecular formula is C17H30O3. The van der Waals surface area contributed by atoms with Crippen molar-refractivity contribution in [3.05, 3.63) is 0 Å². The lowest BCUT2D eigenvalue weighted by Crippen LogP contribution is -2.25. The van der Waals surface area contributed by atoms with Crippen LogP contribution in [0.3, 0.4) is 0 Å². The second-order valence-corrected chi connectivity index (χ2v) is 6.17. The van der Waals surface area contributed by atoms with Crippen LogP contribution in [0.15, 0.2) is 0 Å². The van der Waals surface area contributed by atoms with Gasteiger partial charge >= 0.3 is 5.97 Å². The Morgan fingerprint density at radius 1 is 0.900 bits per heavy atom. The lowest BCUT2D eigenvalue weighted by molar-refractivity contribution is -0.137. The van der Waals surface area contributed by atoms with E-state index in [1.54, 1.807) is 0 Å². The highest BCUT2D eigenvalue weighted by molar-refractivity contribution is 5.86. The van der Waals surface area contributed by atoms with Crippen LogP contribution in [-0.4, -0.2) is 16.9 Å². The molecule has 0 amide bonds. The van der Waals surface area contributed by atoms with Gasteiger partial charge in [0.05, 0.1) is 0 Å². The molecule has 1 atom stereocenters. The molecule has 0 radical (unpaired) electrons. The molecule has 0 aliphatic heterocycles. The summed E-state index contributed by atoms with van der Waals surface area (Å²) in [7, 11) is 0. The first-order valence-corrected chi connectivity index (χ1v) is 8.44. The first-order valence-electron chi connectivity index (χ1n) is 8.44. The predicted octanol–water partition coefficient (Wildman–Crippen LogP) is 4.73. The van der Waals surface area contributed by atoms with Crippen LogP contribution in [0.25, 0.3) is 0 Å². The maximum atomic E-state index is 11.1. The van der Waals surface area contributed by atoms with Gasteiger partial charge in [-0.25, -0.2) is 0 Å². The molecule has 116 valence electrons. The minimum absolute atomic E-state index is 0.323. The van der Waals surface area contributed by atoms with Crippen LogP contribution in [0.4, 0.5) is 0 Å². The first kappa shape index (κ1) is 17.2. The first-order chi connectivity index (χ1) is 9.70. The summed E-state index contributed by atoms with van der Waals surface area (Å²) >= 11 is 0. The highest BCUT2D eigenvalue weighted by Gasteiger charge is 2.26. The summed E-state index contributed by atoms with van der Waals surface area (Å²) in [6, 6.07) is 0. The van der Waals surface area contributed by atoms with Crippen molar-refractivity contribution in [3.8, 4) is 0 Å². The Morgan fingerprint density at radius 2 is 1.40 bits per heavy atom. The van der Waals surface area contributed by atoms with Crippen LogP contribution in [0.1, 0.15) is 89.9 Å². The third-order valence-electron chi connectivity index (χ3n) is 4.39. The number of hydrogen-bond acceptors (Lipinski definition) is 2. The standard InChI is InChI=1S/C17H30O3/c18-16-14-13-15(16)11-9-7-5-3-1-2-4-6-8-10-12-17(19)20/h15H,1-14H2,(H,19,20). The Labute approximate surface area is 123 Å². The van der Waals surface area contributed by atoms with Gasteiger partial charge in [-0.2, -0.15) is 0 Å². The summed E-state index contributed by atoms with van der Waals surface area (Å²) < 4.78 is 0. The molecule has 1 saturated carbocycles. The monoisotopic (exact) mass is 282 g/mol. The van der Waals surface area contributed by atoms with Crippen molar-refractivity contribution in [3.63, 3.8) is 0 Å². The summed E-state index contributed by atoms with van der Waals surface area (Å²) in [6.45, 7) is 0. The zero-order valence-corrected chi connectivity index (χ0v) is 12.7. The second-order valence-electron chi connectivity index (χ2n) is 6.17. The van der Waals surface area contributed by atoms with Crippen molar-refractivity contribution in [2.45, 2.75) is 89.9 Å². The topological polar surface area (TPSA) is 54.4 Å². The molecule has 0 spiro atoms. The molecule has 1 aliphatic carbocycles. The molecule has 20 heavy (non-hydrogen) atoms. The number of aliphatic carboxylic acids is 1. The van der Waals surface area contributed by atoms with Gasteiger partial charge in [-0.05, 0) is 19.3 Å². The van der Waals surface area contributed by atoms with E-state index in [4.69, 9.17) is 5.11 Å². The third kappa shape index (κ3) is 8.34. The highest BCUT2D eigenvalue weighted by Crippen LogP contribution is 2.27. The van der Waals surface area contributed by atoms with Gasteiger partial charge in [0.2, 0.25) is 0 Å². The van der Waals surface area contributed by atoms with Gasteiger partial charge in [0.15, 0.2) is 0 Å². The summed E-state index contributed by atoms with van der Waals surface area (Å²) in [6.07, 6.45) is 15.4. The van der Waals surface area contributed by atoms with E-state index in [-0.39, 0.29) is 0 Å². The fourth-order valence-corrected chi connectivity index (χ4v) is 2.85. The van der Waals surface area contributed by atoms with E-state index in [1.807, 2.05) is 0 Å². The molecule has 0 heterocycles. The molecule has 3 nitrogen and oxygen atoms in total. The molecule has 0 bridgehead atoms. The zero-order chi connectivity index (χ0) is 14.6. The van der Waals surface area contributed by atoms with Crippen molar-refractivity contribution in [1.29, 1.82) is 0 Å². The zero-order valence-electron chi connectivity index (χ0n) is 12.7. The van der Waals surface area contributed by atoms with Crippen LogP contribution >= 0.6 is 0 Å². The Balaban J connectivity index is 1.70. The fourth-order valence-electron chi connectivity index (χ4n) is 2.85. The maximum Gasteiger partial charge on any atom is 0.303 e. The summed E-state index contributed by atoms with van der Waals surface area (Å²) in [5.41, 5.74) is 0. The van der Waals surface area contributed by atoms with Crippen molar-refractivity contribution < 1.29 is 14.7 Å². The van der Waals surface area contributed by atoms with E-state index in [1.165, 1.54) is 51.4 Å². The molecule has 0 saturated heterocycles. The van der Waals surface area contributed by atoms with E-state index >= 15 is 0 Å². The SMILES string of the molecule is O=C(O)CCCCCCCCCCCCC1CCC1=O. The van der Waals surface area contributed by atoms with Crippen LogP contribution in [0.2, 0.25) is 0 Å². The van der Waals surface area contributed by atoms with Gasteiger partial charge in [0.25, 0.3) is 0 Å². The Hall–Kier alpha value is -0.860. The normalized spacial score (nSPS) is 18.0. The quantitative estimate of drug-likeness (QED) is 0.497.